The van der Waals surface area contributed by atoms with Crippen molar-refractivity contribution in [2.24, 2.45) is 5.92 Å². The molecular formula is C16H30N2O2. The summed E-state index contributed by atoms with van der Waals surface area (Å²) in [5.41, 5.74) is -0.675. The molecule has 0 saturated carbocycles. The smallest absolute Gasteiger partial charge is 0.248 e. The van der Waals surface area contributed by atoms with Gasteiger partial charge in [-0.15, -0.1) is 0 Å². The molecule has 4 heteroatoms. The molecule has 20 heavy (non-hydrogen) atoms. The van der Waals surface area contributed by atoms with Gasteiger partial charge in [0.15, 0.2) is 0 Å². The molecule has 1 N–H and O–H groups in total. The second kappa shape index (κ2) is 7.65. The van der Waals surface area contributed by atoms with Gasteiger partial charge in [-0.05, 0) is 25.2 Å². The number of carbonyl (C=O) groups excluding carboxylic acids is 2. The van der Waals surface area contributed by atoms with E-state index in [-0.39, 0.29) is 11.8 Å². The van der Waals surface area contributed by atoms with E-state index >= 15 is 0 Å². The van der Waals surface area contributed by atoms with Crippen LogP contribution in [-0.2, 0) is 9.59 Å². The van der Waals surface area contributed by atoms with Crippen LogP contribution in [0.1, 0.15) is 66.2 Å². The first kappa shape index (κ1) is 17.0. The monoisotopic (exact) mass is 282 g/mol. The van der Waals surface area contributed by atoms with Gasteiger partial charge >= 0.3 is 0 Å². The molecule has 1 heterocycles. The van der Waals surface area contributed by atoms with Crippen molar-refractivity contribution in [3.8, 4) is 0 Å². The summed E-state index contributed by atoms with van der Waals surface area (Å²) >= 11 is 0. The average molecular weight is 282 g/mol. The second-order valence-electron chi connectivity index (χ2n) is 6.27. The van der Waals surface area contributed by atoms with E-state index in [9.17, 15) is 9.59 Å². The van der Waals surface area contributed by atoms with Gasteiger partial charge in [-0.1, -0.05) is 40.5 Å². The molecule has 0 aromatic rings. The van der Waals surface area contributed by atoms with Crippen LogP contribution < -0.4 is 5.32 Å². The third-order valence-electron chi connectivity index (χ3n) is 4.35. The van der Waals surface area contributed by atoms with Gasteiger partial charge in [-0.2, -0.15) is 0 Å². The third-order valence-corrected chi connectivity index (χ3v) is 4.35. The maximum atomic E-state index is 12.7. The van der Waals surface area contributed by atoms with E-state index in [1.807, 2.05) is 18.7 Å². The number of hydrogen-bond acceptors (Lipinski definition) is 2. The lowest BCUT2D eigenvalue weighted by molar-refractivity contribution is -0.139. The number of nitrogens with one attached hydrogen (secondary N) is 1. The van der Waals surface area contributed by atoms with Crippen LogP contribution >= 0.6 is 0 Å². The molecule has 0 aromatic heterocycles. The molecule has 4 nitrogen and oxygen atoms in total. The Morgan fingerprint density at radius 1 is 1.20 bits per heavy atom. The van der Waals surface area contributed by atoms with E-state index in [4.69, 9.17) is 0 Å². The van der Waals surface area contributed by atoms with Gasteiger partial charge in [0.25, 0.3) is 0 Å². The van der Waals surface area contributed by atoms with Crippen LogP contribution in [0.4, 0.5) is 0 Å². The Bertz CT molecular complexity index is 335. The van der Waals surface area contributed by atoms with Crippen molar-refractivity contribution < 1.29 is 9.59 Å². The lowest BCUT2D eigenvalue weighted by Crippen LogP contribution is -2.56. The molecule has 1 saturated heterocycles. The van der Waals surface area contributed by atoms with Gasteiger partial charge in [-0.3, -0.25) is 9.59 Å². The van der Waals surface area contributed by atoms with E-state index < -0.39 is 5.54 Å². The first-order valence-corrected chi connectivity index (χ1v) is 8.05. The summed E-state index contributed by atoms with van der Waals surface area (Å²) < 4.78 is 0. The lowest BCUT2D eigenvalue weighted by Gasteiger charge is -2.33. The molecule has 0 radical (unpaired) electrons. The van der Waals surface area contributed by atoms with Gasteiger partial charge < -0.3 is 10.2 Å². The maximum absolute atomic E-state index is 12.7. The number of hydrogen-bond donors (Lipinski definition) is 1. The van der Waals surface area contributed by atoms with Crippen molar-refractivity contribution in [1.82, 2.24) is 10.2 Å². The molecule has 1 fully saturated rings. The average Bonchev–Trinajstić information content (AvgIpc) is 2.54. The fourth-order valence-electron chi connectivity index (χ4n) is 2.82. The van der Waals surface area contributed by atoms with Gasteiger partial charge in [0.1, 0.15) is 5.54 Å². The Labute approximate surface area is 123 Å². The van der Waals surface area contributed by atoms with Crippen LogP contribution in [0.2, 0.25) is 0 Å². The number of amides is 2. The molecule has 1 aliphatic heterocycles. The third kappa shape index (κ3) is 4.22. The fraction of sp³-hybridized carbons (Fsp3) is 0.875. The normalized spacial score (nSPS) is 19.1. The predicted octanol–water partition coefficient (Wildman–Crippen LogP) is 2.72. The van der Waals surface area contributed by atoms with Gasteiger partial charge in [-0.25, -0.2) is 0 Å². The SMILES string of the molecule is CCC1(CC)NC(=O)CCN(CCCCC(C)C)C1=O. The Morgan fingerprint density at radius 2 is 1.85 bits per heavy atom. The van der Waals surface area contributed by atoms with Crippen LogP contribution in [0, 0.1) is 5.92 Å². The summed E-state index contributed by atoms with van der Waals surface area (Å²) in [6.45, 7) is 9.74. The Morgan fingerprint density at radius 3 is 2.40 bits per heavy atom. The second-order valence-corrected chi connectivity index (χ2v) is 6.27. The molecule has 1 aliphatic rings. The highest BCUT2D eigenvalue weighted by Crippen LogP contribution is 2.22. The van der Waals surface area contributed by atoms with E-state index in [2.05, 4.69) is 19.2 Å². The van der Waals surface area contributed by atoms with Crippen molar-refractivity contribution in [3.05, 3.63) is 0 Å². The molecule has 116 valence electrons. The summed E-state index contributed by atoms with van der Waals surface area (Å²) in [7, 11) is 0. The number of rotatable bonds is 7. The summed E-state index contributed by atoms with van der Waals surface area (Å²) in [6, 6.07) is 0. The molecule has 1 rings (SSSR count). The van der Waals surface area contributed by atoms with Crippen molar-refractivity contribution in [2.45, 2.75) is 71.8 Å². The maximum Gasteiger partial charge on any atom is 0.248 e. The van der Waals surface area contributed by atoms with Crippen molar-refractivity contribution in [2.75, 3.05) is 13.1 Å². The standard InChI is InChI=1S/C16H30N2O2/c1-5-16(6-2)15(20)18(12-10-14(19)17-16)11-8-7-9-13(3)4/h13H,5-12H2,1-4H3,(H,17,19). The summed E-state index contributed by atoms with van der Waals surface area (Å²) in [6.07, 6.45) is 5.13. The first-order chi connectivity index (χ1) is 9.45. The molecule has 0 bridgehead atoms. The predicted molar refractivity (Wildman–Crippen MR) is 81.3 cm³/mol. The van der Waals surface area contributed by atoms with Crippen LogP contribution in [0.25, 0.3) is 0 Å². The minimum Gasteiger partial charge on any atom is -0.342 e. The van der Waals surface area contributed by atoms with E-state index in [0.717, 1.165) is 19.4 Å². The Balaban J connectivity index is 2.65. The summed E-state index contributed by atoms with van der Waals surface area (Å²) in [5.74, 6) is 0.827. The highest BCUT2D eigenvalue weighted by atomic mass is 16.2. The molecule has 0 aromatic carbocycles. The van der Waals surface area contributed by atoms with Crippen LogP contribution in [0.15, 0.2) is 0 Å². The highest BCUT2D eigenvalue weighted by molar-refractivity contribution is 5.93. The Kier molecular flexibility index (Phi) is 6.50. The van der Waals surface area contributed by atoms with Crippen molar-refractivity contribution in [3.63, 3.8) is 0 Å². The van der Waals surface area contributed by atoms with Crippen LogP contribution in [0.5, 0.6) is 0 Å². The fourth-order valence-corrected chi connectivity index (χ4v) is 2.82. The number of unbranched alkanes of at least 4 members (excludes halogenated alkanes) is 1. The van der Waals surface area contributed by atoms with E-state index in [1.165, 1.54) is 6.42 Å². The quantitative estimate of drug-likeness (QED) is 0.730. The minimum absolute atomic E-state index is 0.00623. The minimum atomic E-state index is -0.675. The molecule has 0 unspecified atom stereocenters. The van der Waals surface area contributed by atoms with Crippen LogP contribution in [-0.4, -0.2) is 35.3 Å². The number of carbonyl (C=O) groups is 2. The number of nitrogens with zero attached hydrogens (tertiary/aromatic N) is 1. The zero-order chi connectivity index (χ0) is 15.2. The molecule has 0 aliphatic carbocycles. The topological polar surface area (TPSA) is 49.4 Å². The molecular weight excluding hydrogens is 252 g/mol. The molecule has 2 amide bonds. The van der Waals surface area contributed by atoms with Gasteiger partial charge in [0, 0.05) is 19.5 Å². The largest absolute Gasteiger partial charge is 0.342 e. The Hall–Kier alpha value is -1.06. The van der Waals surface area contributed by atoms with Crippen molar-refractivity contribution >= 4 is 11.8 Å². The van der Waals surface area contributed by atoms with Crippen LogP contribution in [0.3, 0.4) is 0 Å². The molecule has 0 spiro atoms. The van der Waals surface area contributed by atoms with Gasteiger partial charge in [0.05, 0.1) is 0 Å². The zero-order valence-corrected chi connectivity index (χ0v) is 13.5. The van der Waals surface area contributed by atoms with Gasteiger partial charge in [0.2, 0.25) is 11.8 Å². The summed E-state index contributed by atoms with van der Waals surface area (Å²) in [4.78, 5) is 26.4. The lowest BCUT2D eigenvalue weighted by atomic mass is 9.91. The molecule has 0 atom stereocenters. The van der Waals surface area contributed by atoms with Crippen molar-refractivity contribution in [1.29, 1.82) is 0 Å². The van der Waals surface area contributed by atoms with E-state index in [0.29, 0.717) is 31.7 Å². The highest BCUT2D eigenvalue weighted by Gasteiger charge is 2.41. The van der Waals surface area contributed by atoms with E-state index in [1.54, 1.807) is 0 Å². The zero-order valence-electron chi connectivity index (χ0n) is 13.5. The first-order valence-electron chi connectivity index (χ1n) is 8.05. The summed E-state index contributed by atoms with van der Waals surface area (Å²) in [5, 5.41) is 2.95.